The second kappa shape index (κ2) is 5.12. The molecule has 2 amide bonds. The summed E-state index contributed by atoms with van der Waals surface area (Å²) in [6.45, 7) is 2.44. The first-order valence-corrected chi connectivity index (χ1v) is 6.20. The molecule has 3 N–H and O–H groups in total. The quantitative estimate of drug-likeness (QED) is 0.731. The first-order chi connectivity index (χ1) is 8.54. The summed E-state index contributed by atoms with van der Waals surface area (Å²) < 4.78 is 0. The van der Waals surface area contributed by atoms with Gasteiger partial charge in [-0.2, -0.15) is 0 Å². The minimum Gasteiger partial charge on any atom is -0.396 e. The van der Waals surface area contributed by atoms with E-state index in [0.717, 1.165) is 18.4 Å². The summed E-state index contributed by atoms with van der Waals surface area (Å²) in [5, 5.41) is 15.0. The number of amides is 2. The molecule has 1 aromatic rings. The van der Waals surface area contributed by atoms with Crippen molar-refractivity contribution >= 4 is 23.3 Å². The molecule has 0 aliphatic heterocycles. The second-order valence-electron chi connectivity index (χ2n) is 4.80. The van der Waals surface area contributed by atoms with Gasteiger partial charge in [0.25, 0.3) is 0 Å². The van der Waals surface area contributed by atoms with Crippen LogP contribution in [-0.4, -0.2) is 29.3 Å². The van der Waals surface area contributed by atoms with Gasteiger partial charge in [-0.15, -0.1) is 0 Å². The Kier molecular flexibility index (Phi) is 3.73. The molecule has 0 atom stereocenters. The highest BCUT2D eigenvalue weighted by molar-refractivity contribution is 6.30. The third kappa shape index (κ3) is 3.11. The topological polar surface area (TPSA) is 74.2 Å². The highest BCUT2D eigenvalue weighted by atomic mass is 35.5. The minimum absolute atomic E-state index is 0.0918. The van der Waals surface area contributed by atoms with E-state index in [1.165, 1.54) is 6.20 Å². The number of carbonyl (C=O) groups is 1. The fraction of sp³-hybridized carbons (Fsp3) is 0.500. The molecule has 1 heterocycles. The summed E-state index contributed by atoms with van der Waals surface area (Å²) in [7, 11) is 0. The molecule has 1 aromatic heterocycles. The number of pyridine rings is 1. The van der Waals surface area contributed by atoms with Gasteiger partial charge in [0, 0.05) is 12.0 Å². The summed E-state index contributed by atoms with van der Waals surface area (Å²) in [5.41, 5.74) is 1.32. The number of nitrogens with one attached hydrogen (secondary N) is 2. The molecule has 1 fully saturated rings. The Morgan fingerprint density at radius 3 is 2.89 bits per heavy atom. The Morgan fingerprint density at radius 1 is 1.61 bits per heavy atom. The fourth-order valence-electron chi connectivity index (χ4n) is 1.64. The summed E-state index contributed by atoms with van der Waals surface area (Å²) in [6.07, 6.45) is 3.44. The molecule has 0 spiro atoms. The molecule has 0 bridgehead atoms. The molecule has 98 valence electrons. The van der Waals surface area contributed by atoms with Gasteiger partial charge in [-0.1, -0.05) is 11.6 Å². The second-order valence-corrected chi connectivity index (χ2v) is 5.16. The van der Waals surface area contributed by atoms with E-state index in [1.54, 1.807) is 6.07 Å². The number of aliphatic hydroxyl groups is 1. The average molecular weight is 270 g/mol. The van der Waals surface area contributed by atoms with Gasteiger partial charge in [0.05, 0.1) is 18.5 Å². The first-order valence-electron chi connectivity index (χ1n) is 5.82. The van der Waals surface area contributed by atoms with Gasteiger partial charge in [-0.3, -0.25) is 0 Å². The lowest BCUT2D eigenvalue weighted by Gasteiger charge is -2.13. The summed E-state index contributed by atoms with van der Waals surface area (Å²) >= 11 is 5.80. The van der Waals surface area contributed by atoms with E-state index in [1.807, 2.05) is 6.92 Å². The first kappa shape index (κ1) is 13.1. The van der Waals surface area contributed by atoms with Gasteiger partial charge >= 0.3 is 6.03 Å². The van der Waals surface area contributed by atoms with E-state index in [-0.39, 0.29) is 18.1 Å². The maximum Gasteiger partial charge on any atom is 0.319 e. The van der Waals surface area contributed by atoms with Gasteiger partial charge in [0.1, 0.15) is 5.15 Å². The largest absolute Gasteiger partial charge is 0.396 e. The highest BCUT2D eigenvalue weighted by Crippen LogP contribution is 2.44. The molecule has 1 saturated carbocycles. The van der Waals surface area contributed by atoms with Crippen molar-refractivity contribution < 1.29 is 9.90 Å². The van der Waals surface area contributed by atoms with Gasteiger partial charge in [-0.05, 0) is 31.4 Å². The standard InChI is InChI=1S/C12H16ClN3O2/c1-8-4-9(5-14-10(8)13)16-11(18)15-6-12(7-17)2-3-12/h4-5,17H,2-3,6-7H2,1H3,(H2,15,16,18). The number of urea groups is 1. The molecule has 18 heavy (non-hydrogen) atoms. The number of carbonyl (C=O) groups excluding carboxylic acids is 1. The van der Waals surface area contributed by atoms with Crippen LogP contribution in [0.15, 0.2) is 12.3 Å². The molecular weight excluding hydrogens is 254 g/mol. The van der Waals surface area contributed by atoms with Crippen molar-refractivity contribution in [3.63, 3.8) is 0 Å². The molecule has 5 nitrogen and oxygen atoms in total. The molecule has 0 unspecified atom stereocenters. The predicted molar refractivity (Wildman–Crippen MR) is 69.8 cm³/mol. The van der Waals surface area contributed by atoms with Crippen molar-refractivity contribution in [2.24, 2.45) is 5.41 Å². The number of hydrogen-bond acceptors (Lipinski definition) is 3. The van der Waals surface area contributed by atoms with Crippen LogP contribution in [0.25, 0.3) is 0 Å². The zero-order valence-electron chi connectivity index (χ0n) is 10.2. The smallest absolute Gasteiger partial charge is 0.319 e. The van der Waals surface area contributed by atoms with E-state index >= 15 is 0 Å². The molecule has 6 heteroatoms. The van der Waals surface area contributed by atoms with Gasteiger partial charge in [0.15, 0.2) is 0 Å². The Bertz CT molecular complexity index is 461. The Morgan fingerprint density at radius 2 is 2.33 bits per heavy atom. The number of halogens is 1. The Hall–Kier alpha value is -1.33. The number of nitrogens with zero attached hydrogens (tertiary/aromatic N) is 1. The Labute approximate surface area is 111 Å². The monoisotopic (exact) mass is 269 g/mol. The van der Waals surface area contributed by atoms with E-state index in [4.69, 9.17) is 16.7 Å². The Balaban J connectivity index is 1.85. The van der Waals surface area contributed by atoms with Crippen molar-refractivity contribution in [3.05, 3.63) is 23.0 Å². The molecule has 0 aromatic carbocycles. The third-order valence-corrected chi connectivity index (χ3v) is 3.58. The molecular formula is C12H16ClN3O2. The van der Waals surface area contributed by atoms with Crippen LogP contribution in [-0.2, 0) is 0 Å². The molecule has 1 aliphatic carbocycles. The van der Waals surface area contributed by atoms with Crippen LogP contribution < -0.4 is 10.6 Å². The van der Waals surface area contributed by atoms with Crippen molar-refractivity contribution in [2.75, 3.05) is 18.5 Å². The maximum atomic E-state index is 11.6. The van der Waals surface area contributed by atoms with Crippen molar-refractivity contribution in [1.82, 2.24) is 10.3 Å². The highest BCUT2D eigenvalue weighted by Gasteiger charge is 2.42. The van der Waals surface area contributed by atoms with E-state index in [9.17, 15) is 4.79 Å². The SMILES string of the molecule is Cc1cc(NC(=O)NCC2(CO)CC2)cnc1Cl. The summed E-state index contributed by atoms with van der Waals surface area (Å²) in [4.78, 5) is 15.6. The molecule has 0 saturated heterocycles. The van der Waals surface area contributed by atoms with Crippen LogP contribution in [0.5, 0.6) is 0 Å². The maximum absolute atomic E-state index is 11.6. The van der Waals surface area contributed by atoms with Crippen molar-refractivity contribution in [3.8, 4) is 0 Å². The number of anilines is 1. The number of rotatable bonds is 4. The number of aromatic nitrogens is 1. The number of hydrogen-bond donors (Lipinski definition) is 3. The van der Waals surface area contributed by atoms with E-state index < -0.39 is 0 Å². The van der Waals surface area contributed by atoms with Crippen molar-refractivity contribution in [1.29, 1.82) is 0 Å². The van der Waals surface area contributed by atoms with Crippen LogP contribution in [0.4, 0.5) is 10.5 Å². The van der Waals surface area contributed by atoms with Gasteiger partial charge in [-0.25, -0.2) is 9.78 Å². The lowest BCUT2D eigenvalue weighted by molar-refractivity contribution is 0.206. The number of aliphatic hydroxyl groups excluding tert-OH is 1. The third-order valence-electron chi connectivity index (χ3n) is 3.19. The van der Waals surface area contributed by atoms with Crippen LogP contribution in [0.1, 0.15) is 18.4 Å². The minimum atomic E-state index is -0.293. The summed E-state index contributed by atoms with van der Waals surface area (Å²) in [6, 6.07) is 1.46. The van der Waals surface area contributed by atoms with Gasteiger partial charge in [0.2, 0.25) is 0 Å². The summed E-state index contributed by atoms with van der Waals surface area (Å²) in [5.74, 6) is 0. The normalized spacial score (nSPS) is 16.2. The van der Waals surface area contributed by atoms with Crippen LogP contribution in [0, 0.1) is 12.3 Å². The van der Waals surface area contributed by atoms with Crippen molar-refractivity contribution in [2.45, 2.75) is 19.8 Å². The van der Waals surface area contributed by atoms with Gasteiger partial charge < -0.3 is 15.7 Å². The molecule has 0 radical (unpaired) electrons. The lowest BCUT2D eigenvalue weighted by Crippen LogP contribution is -2.35. The van der Waals surface area contributed by atoms with E-state index in [0.29, 0.717) is 17.4 Å². The average Bonchev–Trinajstić information content (AvgIpc) is 3.12. The van der Waals surface area contributed by atoms with Crippen LogP contribution in [0.3, 0.4) is 0 Å². The predicted octanol–water partition coefficient (Wildman–Crippen LogP) is 1.94. The molecule has 1 aliphatic rings. The van der Waals surface area contributed by atoms with E-state index in [2.05, 4.69) is 15.6 Å². The lowest BCUT2D eigenvalue weighted by atomic mass is 10.1. The van der Waals surface area contributed by atoms with Crippen LogP contribution in [0.2, 0.25) is 5.15 Å². The molecule has 2 rings (SSSR count). The zero-order chi connectivity index (χ0) is 13.2. The fourth-order valence-corrected chi connectivity index (χ4v) is 1.74. The van der Waals surface area contributed by atoms with Crippen LogP contribution >= 0.6 is 11.6 Å². The number of aryl methyl sites for hydroxylation is 1. The zero-order valence-corrected chi connectivity index (χ0v) is 10.9.